The van der Waals surface area contributed by atoms with Crippen LogP contribution in [0, 0.1) is 6.92 Å². The van der Waals surface area contributed by atoms with E-state index in [2.05, 4.69) is 12.2 Å². The Kier molecular flexibility index (Phi) is 7.48. The highest BCUT2D eigenvalue weighted by molar-refractivity contribution is 6.31. The van der Waals surface area contributed by atoms with Crippen LogP contribution in [-0.4, -0.2) is 25.1 Å². The summed E-state index contributed by atoms with van der Waals surface area (Å²) in [4.78, 5) is 23.9. The van der Waals surface area contributed by atoms with Gasteiger partial charge in [0.05, 0.1) is 12.2 Å². The molecule has 5 nitrogen and oxygen atoms in total. The Morgan fingerprint density at radius 3 is 2.50 bits per heavy atom. The fourth-order valence-electron chi connectivity index (χ4n) is 2.10. The number of esters is 1. The molecule has 2 aromatic rings. The van der Waals surface area contributed by atoms with Crippen molar-refractivity contribution in [3.8, 4) is 5.75 Å². The van der Waals surface area contributed by atoms with Gasteiger partial charge < -0.3 is 14.8 Å². The number of carbonyl (C=O) groups is 2. The van der Waals surface area contributed by atoms with Crippen LogP contribution < -0.4 is 10.1 Å². The second-order valence-electron chi connectivity index (χ2n) is 5.81. The largest absolute Gasteiger partial charge is 0.494 e. The quantitative estimate of drug-likeness (QED) is 0.540. The van der Waals surface area contributed by atoms with Crippen molar-refractivity contribution >= 4 is 29.2 Å². The molecule has 2 aromatic carbocycles. The van der Waals surface area contributed by atoms with Crippen LogP contribution in [0.25, 0.3) is 0 Å². The lowest BCUT2D eigenvalue weighted by Gasteiger charge is -2.09. The first-order chi connectivity index (χ1) is 12.5. The van der Waals surface area contributed by atoms with E-state index in [9.17, 15) is 9.59 Å². The first kappa shape index (κ1) is 19.8. The number of hydrogen-bond donors (Lipinski definition) is 1. The molecule has 0 aliphatic heterocycles. The minimum Gasteiger partial charge on any atom is -0.494 e. The molecule has 26 heavy (non-hydrogen) atoms. The van der Waals surface area contributed by atoms with Crippen molar-refractivity contribution in [2.75, 3.05) is 18.5 Å². The summed E-state index contributed by atoms with van der Waals surface area (Å²) >= 11 is 6.01. The number of unbranched alkanes of at least 4 members (excludes halogenated alkanes) is 1. The molecule has 0 heterocycles. The average Bonchev–Trinajstić information content (AvgIpc) is 2.63. The minimum absolute atomic E-state index is 0.360. The van der Waals surface area contributed by atoms with Gasteiger partial charge in [-0.3, -0.25) is 4.79 Å². The molecule has 0 aromatic heterocycles. The topological polar surface area (TPSA) is 64.6 Å². The minimum atomic E-state index is -0.567. The zero-order chi connectivity index (χ0) is 18.9. The van der Waals surface area contributed by atoms with E-state index in [0.717, 1.165) is 18.4 Å². The van der Waals surface area contributed by atoms with Crippen LogP contribution in [0.4, 0.5) is 5.69 Å². The lowest BCUT2D eigenvalue weighted by atomic mass is 10.2. The van der Waals surface area contributed by atoms with Gasteiger partial charge in [-0.15, -0.1) is 0 Å². The summed E-state index contributed by atoms with van der Waals surface area (Å²) in [5.41, 5.74) is 1.83. The summed E-state index contributed by atoms with van der Waals surface area (Å²) in [6.07, 6.45) is 2.03. The number of benzene rings is 2. The molecule has 0 atom stereocenters. The number of hydrogen-bond acceptors (Lipinski definition) is 4. The second kappa shape index (κ2) is 9.82. The molecule has 0 aliphatic rings. The normalized spacial score (nSPS) is 10.3. The van der Waals surface area contributed by atoms with E-state index in [4.69, 9.17) is 21.1 Å². The maximum atomic E-state index is 12.0. The predicted molar refractivity (Wildman–Crippen MR) is 102 cm³/mol. The van der Waals surface area contributed by atoms with E-state index in [-0.39, 0.29) is 6.61 Å². The predicted octanol–water partition coefficient (Wildman–Crippen LogP) is 4.62. The van der Waals surface area contributed by atoms with Gasteiger partial charge in [0, 0.05) is 10.7 Å². The summed E-state index contributed by atoms with van der Waals surface area (Å²) in [5.74, 6) is -0.302. The van der Waals surface area contributed by atoms with E-state index in [0.29, 0.717) is 28.6 Å². The highest BCUT2D eigenvalue weighted by atomic mass is 35.5. The zero-order valence-electron chi connectivity index (χ0n) is 14.9. The number of nitrogens with one attached hydrogen (secondary N) is 1. The smallest absolute Gasteiger partial charge is 0.338 e. The number of carbonyl (C=O) groups excluding carboxylic acids is 2. The first-order valence-electron chi connectivity index (χ1n) is 8.45. The third kappa shape index (κ3) is 6.08. The summed E-state index contributed by atoms with van der Waals surface area (Å²) < 4.78 is 10.6. The van der Waals surface area contributed by atoms with Gasteiger partial charge in [0.25, 0.3) is 5.91 Å². The van der Waals surface area contributed by atoms with Crippen molar-refractivity contribution in [1.29, 1.82) is 0 Å². The Balaban J connectivity index is 1.81. The van der Waals surface area contributed by atoms with Gasteiger partial charge in [-0.25, -0.2) is 4.79 Å². The second-order valence-corrected chi connectivity index (χ2v) is 6.22. The van der Waals surface area contributed by atoms with Crippen molar-refractivity contribution in [2.45, 2.75) is 26.7 Å². The molecule has 0 aliphatic carbocycles. The highest BCUT2D eigenvalue weighted by Gasteiger charge is 2.11. The van der Waals surface area contributed by atoms with Crippen LogP contribution in [0.5, 0.6) is 5.75 Å². The van der Waals surface area contributed by atoms with Crippen LogP contribution >= 0.6 is 11.6 Å². The fourth-order valence-corrected chi connectivity index (χ4v) is 2.28. The molecular formula is C20H22ClNO4. The van der Waals surface area contributed by atoms with Gasteiger partial charge in [-0.05, 0) is 55.3 Å². The van der Waals surface area contributed by atoms with Crippen molar-refractivity contribution in [3.63, 3.8) is 0 Å². The summed E-state index contributed by atoms with van der Waals surface area (Å²) in [5, 5.41) is 3.19. The van der Waals surface area contributed by atoms with Crippen LogP contribution in [0.3, 0.4) is 0 Å². The number of rotatable bonds is 8. The summed E-state index contributed by atoms with van der Waals surface area (Å²) in [7, 11) is 0. The maximum absolute atomic E-state index is 12.0. The van der Waals surface area contributed by atoms with Crippen LogP contribution in [0.15, 0.2) is 42.5 Å². The number of halogens is 1. The maximum Gasteiger partial charge on any atom is 0.338 e. The fraction of sp³-hybridized carbons (Fsp3) is 0.300. The van der Waals surface area contributed by atoms with Crippen LogP contribution in [0.2, 0.25) is 5.02 Å². The molecular weight excluding hydrogens is 354 g/mol. The Morgan fingerprint density at radius 2 is 1.85 bits per heavy atom. The van der Waals surface area contributed by atoms with Crippen molar-refractivity contribution in [2.24, 2.45) is 0 Å². The van der Waals surface area contributed by atoms with Gasteiger partial charge in [-0.2, -0.15) is 0 Å². The van der Waals surface area contributed by atoms with Crippen molar-refractivity contribution in [1.82, 2.24) is 0 Å². The molecule has 0 fully saturated rings. The van der Waals surface area contributed by atoms with E-state index in [1.165, 1.54) is 0 Å². The SMILES string of the molecule is CCCCOc1ccc(C(=O)OCC(=O)Nc2ccc(C)c(Cl)c2)cc1. The van der Waals surface area contributed by atoms with E-state index < -0.39 is 11.9 Å². The van der Waals surface area contributed by atoms with Crippen LogP contribution in [-0.2, 0) is 9.53 Å². The molecule has 2 rings (SSSR count). The lowest BCUT2D eigenvalue weighted by molar-refractivity contribution is -0.119. The highest BCUT2D eigenvalue weighted by Crippen LogP contribution is 2.20. The van der Waals surface area contributed by atoms with E-state index in [1.54, 1.807) is 42.5 Å². The molecule has 1 N–H and O–H groups in total. The summed E-state index contributed by atoms with van der Waals surface area (Å²) in [6.45, 7) is 4.23. The Hall–Kier alpha value is -2.53. The summed E-state index contributed by atoms with van der Waals surface area (Å²) in [6, 6.07) is 11.8. The number of amides is 1. The number of aryl methyl sites for hydroxylation is 1. The lowest BCUT2D eigenvalue weighted by Crippen LogP contribution is -2.20. The van der Waals surface area contributed by atoms with E-state index >= 15 is 0 Å². The third-order valence-corrected chi connectivity index (χ3v) is 4.05. The van der Waals surface area contributed by atoms with Gasteiger partial charge in [-0.1, -0.05) is 31.0 Å². The number of ether oxygens (including phenoxy) is 2. The van der Waals surface area contributed by atoms with Crippen molar-refractivity contribution < 1.29 is 19.1 Å². The Morgan fingerprint density at radius 1 is 1.12 bits per heavy atom. The standard InChI is InChI=1S/C20H22ClNO4/c1-3-4-11-25-17-9-6-15(7-10-17)20(24)26-13-19(23)22-16-8-5-14(2)18(21)12-16/h5-10,12H,3-4,11,13H2,1-2H3,(H,22,23). The zero-order valence-corrected chi connectivity index (χ0v) is 15.6. The average molecular weight is 376 g/mol. The molecule has 0 radical (unpaired) electrons. The first-order valence-corrected chi connectivity index (χ1v) is 8.83. The van der Waals surface area contributed by atoms with Crippen LogP contribution in [0.1, 0.15) is 35.7 Å². The van der Waals surface area contributed by atoms with Gasteiger partial charge in [0.15, 0.2) is 6.61 Å². The molecule has 138 valence electrons. The molecule has 0 unspecified atom stereocenters. The van der Waals surface area contributed by atoms with Crippen molar-refractivity contribution in [3.05, 3.63) is 58.6 Å². The van der Waals surface area contributed by atoms with Gasteiger partial charge >= 0.3 is 5.97 Å². The molecule has 1 amide bonds. The van der Waals surface area contributed by atoms with Gasteiger partial charge in [0.1, 0.15) is 5.75 Å². The molecule has 0 saturated heterocycles. The number of anilines is 1. The molecule has 0 spiro atoms. The monoisotopic (exact) mass is 375 g/mol. The Bertz CT molecular complexity index is 759. The third-order valence-electron chi connectivity index (χ3n) is 3.65. The Labute approximate surface area is 158 Å². The van der Waals surface area contributed by atoms with E-state index in [1.807, 2.05) is 6.92 Å². The van der Waals surface area contributed by atoms with Gasteiger partial charge in [0.2, 0.25) is 0 Å². The molecule has 6 heteroatoms. The molecule has 0 saturated carbocycles. The molecule has 0 bridgehead atoms.